The number of benzene rings is 3. The molecule has 3 fully saturated rings. The van der Waals surface area contributed by atoms with E-state index in [0.29, 0.717) is 42.8 Å². The molecule has 3 aromatic carbocycles. The van der Waals surface area contributed by atoms with Crippen LogP contribution in [0.2, 0.25) is 0 Å². The lowest BCUT2D eigenvalue weighted by atomic mass is 9.85. The smallest absolute Gasteiger partial charge is 0.376 e. The number of hydrogen-bond donors (Lipinski definition) is 4. The Morgan fingerprint density at radius 2 is 1.75 bits per heavy atom. The van der Waals surface area contributed by atoms with Crippen molar-refractivity contribution in [3.63, 3.8) is 0 Å². The standard InChI is InChI=1S/C52H58F2N5O10PS/c1-51(2,3)45(56-47(62)43-27-35-26-36(20-22-42(35)71-43)52(53,54)70(66,67)68)50(65)58-30-37(28-41(58)49(64)57-24-13-18-34(29-57)32-14-9-7-10-15-32)69-25-11-6-4-5-8-16-33-17-12-19-38-39(33)31-59(48(38)63)40-21-23-44(60)55-46(40)61/h7,9-10,12,14-15,17,19-20,22,26-27,34,37,40-41,45H,4-6,11,13,18,21,23-25,28-31H2,1-3H3,(H,56,62)(H,55,60,61)(H2,66,67,68)/t34-,37-,40?,41-,45+/m0/s1. The fourth-order valence-corrected chi connectivity index (χ4v) is 11.3. The van der Waals surface area contributed by atoms with Crippen LogP contribution in [0.1, 0.15) is 127 Å². The van der Waals surface area contributed by atoms with Gasteiger partial charge in [0, 0.05) is 79.4 Å². The minimum Gasteiger partial charge on any atom is -0.376 e. The zero-order valence-electron chi connectivity index (χ0n) is 39.8. The van der Waals surface area contributed by atoms with Crippen LogP contribution in [0.5, 0.6) is 0 Å². The first-order chi connectivity index (χ1) is 33.7. The predicted octanol–water partition coefficient (Wildman–Crippen LogP) is 7.04. The lowest BCUT2D eigenvalue weighted by Crippen LogP contribution is -2.58. The zero-order valence-corrected chi connectivity index (χ0v) is 41.5. The summed E-state index contributed by atoms with van der Waals surface area (Å²) in [7, 11) is -5.83. The fraction of sp³-hybridized carbons (Fsp3) is 0.462. The monoisotopic (exact) mass is 1010 g/mol. The van der Waals surface area contributed by atoms with Crippen LogP contribution in [0.25, 0.3) is 10.1 Å². The number of rotatable bonds is 14. The Kier molecular flexibility index (Phi) is 15.3. The van der Waals surface area contributed by atoms with Crippen molar-refractivity contribution >= 4 is 64.5 Å². The molecule has 5 heterocycles. The number of thiophene rings is 1. The summed E-state index contributed by atoms with van der Waals surface area (Å²) in [6, 6.07) is 17.2. The summed E-state index contributed by atoms with van der Waals surface area (Å²) in [6.07, 6.45) is 4.80. The van der Waals surface area contributed by atoms with E-state index >= 15 is 0 Å². The second-order valence-corrected chi connectivity index (χ2v) is 22.6. The summed E-state index contributed by atoms with van der Waals surface area (Å²) >= 11 is 0.981. The molecular formula is C52H58F2N5O10PS. The van der Waals surface area contributed by atoms with E-state index in [2.05, 4.69) is 34.6 Å². The maximum atomic E-state index is 14.9. The molecule has 4 aromatic rings. The van der Waals surface area contributed by atoms with Crippen LogP contribution >= 0.6 is 18.9 Å². The molecule has 15 nitrogen and oxygen atoms in total. The van der Waals surface area contributed by atoms with Crippen LogP contribution in [0, 0.1) is 17.3 Å². The summed E-state index contributed by atoms with van der Waals surface area (Å²) in [5, 5.41) is 5.37. The van der Waals surface area contributed by atoms with Gasteiger partial charge in [-0.2, -0.15) is 8.78 Å². The molecule has 0 radical (unpaired) electrons. The largest absolute Gasteiger partial charge is 0.399 e. The van der Waals surface area contributed by atoms with Crippen LogP contribution in [-0.4, -0.2) is 110 Å². The number of nitrogens with one attached hydrogen (secondary N) is 2. The Morgan fingerprint density at radius 1 is 0.972 bits per heavy atom. The first kappa shape index (κ1) is 51.5. The summed E-state index contributed by atoms with van der Waals surface area (Å²) in [5.41, 5.74) is -3.05. The molecule has 6 amide bonds. The van der Waals surface area contributed by atoms with Gasteiger partial charge in [-0.1, -0.05) is 81.5 Å². The number of imide groups is 1. The number of carbonyl (C=O) groups is 6. The first-order valence-corrected chi connectivity index (χ1v) is 26.4. The molecule has 0 saturated carbocycles. The van der Waals surface area contributed by atoms with Crippen LogP contribution in [0.3, 0.4) is 0 Å². The van der Waals surface area contributed by atoms with Crippen molar-refractivity contribution in [2.75, 3.05) is 26.2 Å². The van der Waals surface area contributed by atoms with Gasteiger partial charge < -0.3 is 34.5 Å². The number of piperidine rings is 2. The number of amides is 6. The van der Waals surface area contributed by atoms with E-state index in [1.165, 1.54) is 21.9 Å². The van der Waals surface area contributed by atoms with Gasteiger partial charge in [0.1, 0.15) is 18.1 Å². The molecular weight excluding hydrogens is 956 g/mol. The topological polar surface area (TPSA) is 203 Å². The molecule has 71 heavy (non-hydrogen) atoms. The van der Waals surface area contributed by atoms with Gasteiger partial charge in [0.2, 0.25) is 23.6 Å². The second kappa shape index (κ2) is 21.1. The number of likely N-dealkylation sites (tertiary alicyclic amines) is 2. The van der Waals surface area contributed by atoms with Crippen LogP contribution in [0.15, 0.2) is 72.8 Å². The van der Waals surface area contributed by atoms with Crippen LogP contribution in [-0.2, 0) is 40.7 Å². The van der Waals surface area contributed by atoms with Gasteiger partial charge in [0.05, 0.1) is 11.0 Å². The highest BCUT2D eigenvalue weighted by atomic mass is 32.1. The Balaban J connectivity index is 0.912. The normalized spacial score (nSPS) is 21.2. The number of fused-ring (bicyclic) bond motifs is 2. The van der Waals surface area contributed by atoms with Gasteiger partial charge in [0.25, 0.3) is 11.8 Å². The van der Waals surface area contributed by atoms with Gasteiger partial charge in [-0.05, 0) is 84.4 Å². The minimum atomic E-state index is -5.83. The molecule has 0 spiro atoms. The van der Waals surface area contributed by atoms with E-state index < -0.39 is 66.2 Å². The van der Waals surface area contributed by atoms with E-state index in [1.807, 2.05) is 29.2 Å². The quantitative estimate of drug-likeness (QED) is 0.0439. The maximum absolute atomic E-state index is 14.9. The molecule has 3 saturated heterocycles. The summed E-state index contributed by atoms with van der Waals surface area (Å²) in [5.74, 6) is 4.19. The predicted molar refractivity (Wildman–Crippen MR) is 261 cm³/mol. The van der Waals surface area contributed by atoms with Crippen molar-refractivity contribution in [1.82, 2.24) is 25.3 Å². The van der Waals surface area contributed by atoms with Crippen LogP contribution in [0.4, 0.5) is 8.78 Å². The Hall–Kier alpha value is -5.83. The van der Waals surface area contributed by atoms with Gasteiger partial charge in [-0.15, -0.1) is 11.3 Å². The van der Waals surface area contributed by atoms with Crippen molar-refractivity contribution < 1.29 is 56.6 Å². The summed E-state index contributed by atoms with van der Waals surface area (Å²) in [6.45, 7) is 7.14. The first-order valence-electron chi connectivity index (χ1n) is 24.0. The highest BCUT2D eigenvalue weighted by Crippen LogP contribution is 2.59. The molecule has 8 rings (SSSR count). The third kappa shape index (κ3) is 11.3. The molecule has 1 aromatic heterocycles. The number of unbranched alkanes of at least 4 members (excludes halogenated alkanes) is 3. The number of hydrogen-bond acceptors (Lipinski definition) is 9. The number of ether oxygens (including phenoxy) is 1. The van der Waals surface area contributed by atoms with E-state index in [9.17, 15) is 51.9 Å². The van der Waals surface area contributed by atoms with Gasteiger partial charge in [-0.3, -0.25) is 38.6 Å². The van der Waals surface area contributed by atoms with Gasteiger partial charge in [-0.25, -0.2) is 0 Å². The molecule has 5 atom stereocenters. The average molecular weight is 1010 g/mol. The summed E-state index contributed by atoms with van der Waals surface area (Å²) < 4.78 is 47.5. The lowest BCUT2D eigenvalue weighted by Gasteiger charge is -2.38. The van der Waals surface area contributed by atoms with Crippen molar-refractivity contribution in [2.24, 2.45) is 5.41 Å². The highest BCUT2D eigenvalue weighted by Gasteiger charge is 2.51. The van der Waals surface area contributed by atoms with E-state index in [-0.39, 0.29) is 66.3 Å². The van der Waals surface area contributed by atoms with Gasteiger partial charge in [0.15, 0.2) is 0 Å². The second-order valence-electron chi connectivity index (χ2n) is 19.8. The maximum Gasteiger partial charge on any atom is 0.399 e. The molecule has 4 aliphatic heterocycles. The lowest BCUT2D eigenvalue weighted by molar-refractivity contribution is -0.146. The fourth-order valence-electron chi connectivity index (χ4n) is 9.91. The van der Waals surface area contributed by atoms with Crippen molar-refractivity contribution in [1.29, 1.82) is 0 Å². The van der Waals surface area contributed by atoms with E-state index in [4.69, 9.17) is 4.74 Å². The number of halogens is 2. The average Bonchev–Trinajstić information content (AvgIpc) is 4.06. The number of nitrogens with zero attached hydrogens (tertiary/aromatic N) is 3. The Bertz CT molecular complexity index is 2840. The Morgan fingerprint density at radius 3 is 2.48 bits per heavy atom. The number of alkyl halides is 2. The molecule has 19 heteroatoms. The minimum absolute atomic E-state index is 0.0960. The molecule has 4 N–H and O–H groups in total. The van der Waals surface area contributed by atoms with Crippen molar-refractivity contribution in [3.8, 4) is 11.8 Å². The molecule has 0 aliphatic carbocycles. The highest BCUT2D eigenvalue weighted by molar-refractivity contribution is 7.52. The summed E-state index contributed by atoms with van der Waals surface area (Å²) in [4.78, 5) is 104. The van der Waals surface area contributed by atoms with E-state index in [0.717, 1.165) is 65.8 Å². The third-order valence-electron chi connectivity index (χ3n) is 13.8. The van der Waals surface area contributed by atoms with Gasteiger partial charge >= 0.3 is 13.3 Å². The SMILES string of the molecule is CC(C)(C)[C@H](NC(=O)c1cc2cc(C(F)(F)P(=O)(O)O)ccc2s1)C(=O)N1C[C@@H](OCCCCCC#Cc2cccc3c2CN(C2CCC(=O)NC2=O)C3=O)C[C@H]1C(=O)N1CCC[C@H](c2ccccc2)C1. The molecule has 376 valence electrons. The van der Waals surface area contributed by atoms with Crippen LogP contribution < -0.4 is 10.6 Å². The zero-order chi connectivity index (χ0) is 50.8. The van der Waals surface area contributed by atoms with Crippen molar-refractivity contribution in [3.05, 3.63) is 105 Å². The third-order valence-corrected chi connectivity index (χ3v) is 15.9. The number of carbonyl (C=O) groups excluding carboxylic acids is 6. The molecule has 4 aliphatic rings. The van der Waals surface area contributed by atoms with E-state index in [1.54, 1.807) is 32.9 Å². The molecule has 0 bridgehead atoms. The Labute approximate surface area is 414 Å². The van der Waals surface area contributed by atoms with Crippen molar-refractivity contribution in [2.45, 2.75) is 121 Å². The molecule has 1 unspecified atom stereocenters.